The second-order valence-corrected chi connectivity index (χ2v) is 4.87. The summed E-state index contributed by atoms with van der Waals surface area (Å²) in [6.07, 6.45) is 7.56. The van der Waals surface area contributed by atoms with Crippen molar-refractivity contribution in [2.45, 2.75) is 6.42 Å². The number of hydrogen-bond donors (Lipinski definition) is 0. The quantitative estimate of drug-likeness (QED) is 0.506. The second kappa shape index (κ2) is 6.58. The third-order valence-electron chi connectivity index (χ3n) is 1.50. The fraction of sp³-hybridized carbons (Fsp3) is 0.0909. The molecule has 0 heterocycles. The minimum atomic E-state index is 1.17. The van der Waals surface area contributed by atoms with Gasteiger partial charge in [-0.1, -0.05) is 18.2 Å². The van der Waals surface area contributed by atoms with Crippen LogP contribution in [0.2, 0.25) is 0 Å². The summed E-state index contributed by atoms with van der Waals surface area (Å²) in [7, 11) is 0. The molecule has 1 aromatic carbocycles. The summed E-state index contributed by atoms with van der Waals surface area (Å²) in [5.41, 5.74) is 0. The van der Waals surface area contributed by atoms with Crippen LogP contribution in [-0.4, -0.2) is 0 Å². The number of rotatable bonds is 0. The van der Waals surface area contributed by atoms with Gasteiger partial charge in [0, 0.05) is 3.57 Å². The van der Waals surface area contributed by atoms with Crippen molar-refractivity contribution >= 4 is 22.6 Å². The van der Waals surface area contributed by atoms with Gasteiger partial charge in [-0.3, -0.25) is 0 Å². The van der Waals surface area contributed by atoms with Crippen molar-refractivity contribution in [3.63, 3.8) is 0 Å². The van der Waals surface area contributed by atoms with E-state index in [1.54, 1.807) is 0 Å². The molecule has 65 valence electrons. The summed E-state index contributed by atoms with van der Waals surface area (Å²) in [5.74, 6) is 0. The first kappa shape index (κ1) is 11.2. The van der Waals surface area contributed by atoms with Crippen LogP contribution in [0.25, 0.3) is 0 Å². The summed E-state index contributed by atoms with van der Waals surface area (Å²) in [6.45, 7) is 0. The number of halogens is 1. The van der Waals surface area contributed by atoms with Gasteiger partial charge >= 0.3 is 49.0 Å². The SMILES string of the molecule is Ic1ccccc1.[Ti][C]1=CC=CC1. The molecule has 13 heavy (non-hydrogen) atoms. The summed E-state index contributed by atoms with van der Waals surface area (Å²) < 4.78 is 2.76. The molecule has 0 bridgehead atoms. The van der Waals surface area contributed by atoms with Gasteiger partial charge in [-0.2, -0.15) is 0 Å². The topological polar surface area (TPSA) is 0 Å². The molecule has 0 amide bonds. The van der Waals surface area contributed by atoms with E-state index in [1.807, 2.05) is 18.2 Å². The van der Waals surface area contributed by atoms with Gasteiger partial charge in [0.1, 0.15) is 0 Å². The monoisotopic (exact) mass is 317 g/mol. The van der Waals surface area contributed by atoms with E-state index in [-0.39, 0.29) is 0 Å². The van der Waals surface area contributed by atoms with Crippen molar-refractivity contribution in [1.29, 1.82) is 0 Å². The van der Waals surface area contributed by atoms with Crippen molar-refractivity contribution in [3.8, 4) is 0 Å². The van der Waals surface area contributed by atoms with Crippen LogP contribution >= 0.6 is 22.6 Å². The zero-order valence-corrected chi connectivity index (χ0v) is 10.9. The molecule has 0 aliphatic heterocycles. The van der Waals surface area contributed by atoms with Crippen molar-refractivity contribution < 1.29 is 20.4 Å². The van der Waals surface area contributed by atoms with Gasteiger partial charge in [0.15, 0.2) is 0 Å². The van der Waals surface area contributed by atoms with Gasteiger partial charge in [0.25, 0.3) is 0 Å². The van der Waals surface area contributed by atoms with Crippen LogP contribution in [0.4, 0.5) is 0 Å². The Morgan fingerprint density at radius 2 is 1.85 bits per heavy atom. The molecule has 0 spiro atoms. The van der Waals surface area contributed by atoms with Crippen LogP contribution in [0.15, 0.2) is 52.4 Å². The van der Waals surface area contributed by atoms with E-state index in [9.17, 15) is 0 Å². The molecule has 1 aliphatic carbocycles. The molecule has 1 aliphatic rings. The Balaban J connectivity index is 0.000000132. The molecular weight excluding hydrogens is 307 g/mol. The molecule has 0 radical (unpaired) electrons. The molecule has 1 aromatic rings. The number of benzene rings is 1. The van der Waals surface area contributed by atoms with Gasteiger partial charge < -0.3 is 0 Å². The summed E-state index contributed by atoms with van der Waals surface area (Å²) in [5, 5.41) is 0. The summed E-state index contributed by atoms with van der Waals surface area (Å²) >= 11 is 4.42. The molecule has 0 aromatic heterocycles. The Labute approximate surface area is 105 Å². The van der Waals surface area contributed by atoms with E-state index in [0.717, 1.165) is 0 Å². The van der Waals surface area contributed by atoms with Gasteiger partial charge in [-0.25, -0.2) is 0 Å². The summed E-state index contributed by atoms with van der Waals surface area (Å²) in [4.78, 5) is 0. The summed E-state index contributed by atoms with van der Waals surface area (Å²) in [6, 6.07) is 10.2. The number of allylic oxidation sites excluding steroid dienone is 4. The predicted octanol–water partition coefficient (Wildman–Crippen LogP) is 3.67. The maximum atomic E-state index is 2.28. The molecule has 0 nitrogen and oxygen atoms in total. The molecule has 0 atom stereocenters. The maximum absolute atomic E-state index is 2.28. The van der Waals surface area contributed by atoms with Crippen LogP contribution in [0.1, 0.15) is 6.42 Å². The van der Waals surface area contributed by atoms with Gasteiger partial charge in [-0.15, -0.1) is 0 Å². The predicted molar refractivity (Wildman–Crippen MR) is 61.0 cm³/mol. The Kier molecular flexibility index (Phi) is 5.68. The first-order chi connectivity index (χ1) is 6.29. The molecule has 0 unspecified atom stereocenters. The van der Waals surface area contributed by atoms with Gasteiger partial charge in [-0.05, 0) is 34.7 Å². The van der Waals surface area contributed by atoms with Gasteiger partial charge in [0.2, 0.25) is 0 Å². The van der Waals surface area contributed by atoms with Crippen molar-refractivity contribution in [2.75, 3.05) is 0 Å². The zero-order valence-electron chi connectivity index (χ0n) is 7.20. The van der Waals surface area contributed by atoms with E-state index in [2.05, 4.69) is 73.4 Å². The molecule has 2 rings (SSSR count). The Hall–Kier alpha value is 0.144. The normalized spacial score (nSPS) is 13.1. The molecule has 0 N–H and O–H groups in total. The van der Waals surface area contributed by atoms with E-state index in [0.29, 0.717) is 0 Å². The molecule has 0 saturated carbocycles. The third kappa shape index (κ3) is 5.45. The average Bonchev–Trinajstić information content (AvgIpc) is 2.58. The Morgan fingerprint density at radius 1 is 1.15 bits per heavy atom. The Bertz CT molecular complexity index is 301. The standard InChI is InChI=1S/C6H5I.C5H5.Ti/c7-6-4-2-1-3-5-6;1-2-4-5-3-1;/h1-5H;1-3H,4H2;. The van der Waals surface area contributed by atoms with Crippen molar-refractivity contribution in [1.82, 2.24) is 0 Å². The zero-order chi connectivity index (χ0) is 9.52. The second-order valence-electron chi connectivity index (χ2n) is 2.62. The first-order valence-electron chi connectivity index (χ1n) is 4.07. The van der Waals surface area contributed by atoms with Crippen LogP contribution in [0.5, 0.6) is 0 Å². The minimum absolute atomic E-state index is 1.17. The molecular formula is C11H10ITi. The van der Waals surface area contributed by atoms with Crippen LogP contribution < -0.4 is 0 Å². The Morgan fingerprint density at radius 3 is 2.08 bits per heavy atom. The van der Waals surface area contributed by atoms with Crippen molar-refractivity contribution in [3.05, 3.63) is 56.0 Å². The van der Waals surface area contributed by atoms with Crippen molar-refractivity contribution in [2.24, 2.45) is 0 Å². The van der Waals surface area contributed by atoms with Crippen LogP contribution in [0.3, 0.4) is 0 Å². The first-order valence-corrected chi connectivity index (χ1v) is 5.93. The van der Waals surface area contributed by atoms with E-state index >= 15 is 0 Å². The number of hydrogen-bond acceptors (Lipinski definition) is 0. The molecule has 0 fully saturated rings. The van der Waals surface area contributed by atoms with E-state index < -0.39 is 0 Å². The van der Waals surface area contributed by atoms with E-state index in [1.165, 1.54) is 13.9 Å². The third-order valence-corrected chi connectivity index (χ3v) is 2.80. The van der Waals surface area contributed by atoms with Crippen LogP contribution in [0, 0.1) is 3.57 Å². The van der Waals surface area contributed by atoms with E-state index in [4.69, 9.17) is 0 Å². The molecule has 0 saturated heterocycles. The average molecular weight is 317 g/mol. The van der Waals surface area contributed by atoms with Gasteiger partial charge in [0.05, 0.1) is 0 Å². The fourth-order valence-electron chi connectivity index (χ4n) is 0.862. The fourth-order valence-corrected chi connectivity index (χ4v) is 1.61. The van der Waals surface area contributed by atoms with Crippen LogP contribution in [-0.2, 0) is 20.4 Å². The molecule has 2 heteroatoms.